The Balaban J connectivity index is 1.70. The average Bonchev–Trinajstić information content (AvgIpc) is 2.75. The summed E-state index contributed by atoms with van der Waals surface area (Å²) in [6.07, 6.45) is 8.72. The Kier molecular flexibility index (Phi) is 5.07. The normalized spacial score (nSPS) is 22.7. The molecule has 0 radical (unpaired) electrons. The highest BCUT2D eigenvalue weighted by atomic mass is 32.2. The number of hydrogen-bond acceptors (Lipinski definition) is 5. The fourth-order valence-corrected chi connectivity index (χ4v) is 5.19. The van der Waals surface area contributed by atoms with Gasteiger partial charge < -0.3 is 4.90 Å². The van der Waals surface area contributed by atoms with Gasteiger partial charge in [0.25, 0.3) is 0 Å². The van der Waals surface area contributed by atoms with Gasteiger partial charge in [0, 0.05) is 31.4 Å². The second-order valence-corrected chi connectivity index (χ2v) is 8.65. The SMILES string of the molecule is CS(=O)(=O)N(C1CCC1)[C@H]1CCCN(c2ccc(C#N)cn2)CC1. The number of hydrogen-bond donors (Lipinski definition) is 0. The smallest absolute Gasteiger partial charge is 0.211 e. The van der Waals surface area contributed by atoms with Crippen molar-refractivity contribution in [2.75, 3.05) is 24.2 Å². The van der Waals surface area contributed by atoms with Crippen LogP contribution in [0.4, 0.5) is 5.82 Å². The molecule has 0 unspecified atom stereocenters. The maximum atomic E-state index is 12.3. The van der Waals surface area contributed by atoms with Crippen LogP contribution in [-0.2, 0) is 10.0 Å². The van der Waals surface area contributed by atoms with Gasteiger partial charge in [0.05, 0.1) is 11.8 Å². The van der Waals surface area contributed by atoms with Gasteiger partial charge in [-0.3, -0.25) is 0 Å². The maximum absolute atomic E-state index is 12.3. The number of aromatic nitrogens is 1. The molecule has 1 aliphatic heterocycles. The van der Waals surface area contributed by atoms with Gasteiger partial charge in [-0.15, -0.1) is 0 Å². The maximum Gasteiger partial charge on any atom is 0.211 e. The molecule has 1 aromatic rings. The Morgan fingerprint density at radius 2 is 1.88 bits per heavy atom. The largest absolute Gasteiger partial charge is 0.357 e. The molecule has 7 heteroatoms. The third-order valence-corrected chi connectivity index (χ3v) is 6.44. The zero-order valence-corrected chi connectivity index (χ0v) is 14.9. The van der Waals surface area contributed by atoms with Crippen molar-refractivity contribution < 1.29 is 8.42 Å². The summed E-state index contributed by atoms with van der Waals surface area (Å²) >= 11 is 0. The van der Waals surface area contributed by atoms with E-state index in [-0.39, 0.29) is 12.1 Å². The van der Waals surface area contributed by atoms with E-state index in [0.717, 1.165) is 57.4 Å². The van der Waals surface area contributed by atoms with Crippen LogP contribution >= 0.6 is 0 Å². The summed E-state index contributed by atoms with van der Waals surface area (Å²) < 4.78 is 26.3. The molecule has 0 bridgehead atoms. The van der Waals surface area contributed by atoms with E-state index in [9.17, 15) is 8.42 Å². The van der Waals surface area contributed by atoms with Gasteiger partial charge in [-0.05, 0) is 44.2 Å². The van der Waals surface area contributed by atoms with Crippen molar-refractivity contribution in [3.8, 4) is 6.07 Å². The quantitative estimate of drug-likeness (QED) is 0.833. The molecule has 2 fully saturated rings. The lowest BCUT2D eigenvalue weighted by Gasteiger charge is -2.40. The van der Waals surface area contributed by atoms with E-state index in [4.69, 9.17) is 5.26 Å². The first-order valence-electron chi connectivity index (χ1n) is 8.58. The fourth-order valence-electron chi connectivity index (χ4n) is 3.68. The molecule has 3 rings (SSSR count). The summed E-state index contributed by atoms with van der Waals surface area (Å²) in [5.74, 6) is 0.865. The summed E-state index contributed by atoms with van der Waals surface area (Å²) in [4.78, 5) is 6.56. The summed E-state index contributed by atoms with van der Waals surface area (Å²) in [5.41, 5.74) is 0.555. The first-order chi connectivity index (χ1) is 11.5. The number of rotatable bonds is 4. The van der Waals surface area contributed by atoms with Crippen LogP contribution in [0.5, 0.6) is 0 Å². The summed E-state index contributed by atoms with van der Waals surface area (Å²) in [6.45, 7) is 1.67. The third kappa shape index (κ3) is 3.70. The summed E-state index contributed by atoms with van der Waals surface area (Å²) in [7, 11) is -3.17. The number of anilines is 1. The first-order valence-corrected chi connectivity index (χ1v) is 10.4. The second-order valence-electron chi connectivity index (χ2n) is 6.77. The zero-order chi connectivity index (χ0) is 17.2. The molecule has 2 aliphatic rings. The van der Waals surface area contributed by atoms with Crippen LogP contribution in [0.3, 0.4) is 0 Å². The molecule has 6 nitrogen and oxygen atoms in total. The van der Waals surface area contributed by atoms with Gasteiger partial charge in [0.1, 0.15) is 11.9 Å². The Labute approximate surface area is 144 Å². The highest BCUT2D eigenvalue weighted by molar-refractivity contribution is 7.88. The molecule has 1 saturated heterocycles. The van der Waals surface area contributed by atoms with Gasteiger partial charge in [-0.2, -0.15) is 9.57 Å². The molecular weight excluding hydrogens is 324 g/mol. The Morgan fingerprint density at radius 1 is 1.17 bits per heavy atom. The van der Waals surface area contributed by atoms with Gasteiger partial charge >= 0.3 is 0 Å². The Hall–Kier alpha value is -1.65. The summed E-state index contributed by atoms with van der Waals surface area (Å²) in [5, 5.41) is 8.87. The van der Waals surface area contributed by atoms with E-state index >= 15 is 0 Å². The van der Waals surface area contributed by atoms with Crippen molar-refractivity contribution in [1.29, 1.82) is 5.26 Å². The molecule has 130 valence electrons. The van der Waals surface area contributed by atoms with E-state index in [0.29, 0.717) is 5.56 Å². The lowest BCUT2D eigenvalue weighted by atomic mass is 9.91. The molecular formula is C17H24N4O2S. The minimum Gasteiger partial charge on any atom is -0.357 e. The monoisotopic (exact) mass is 348 g/mol. The highest BCUT2D eigenvalue weighted by Crippen LogP contribution is 2.32. The first kappa shape index (κ1) is 17.2. The van der Waals surface area contributed by atoms with Crippen LogP contribution in [0.2, 0.25) is 0 Å². The number of nitrogens with zero attached hydrogens (tertiary/aromatic N) is 4. The third-order valence-electron chi connectivity index (χ3n) is 5.08. The molecule has 0 aromatic carbocycles. The van der Waals surface area contributed by atoms with E-state index < -0.39 is 10.0 Å². The van der Waals surface area contributed by atoms with Crippen LogP contribution in [0.1, 0.15) is 44.1 Å². The van der Waals surface area contributed by atoms with E-state index in [1.54, 1.807) is 16.6 Å². The zero-order valence-electron chi connectivity index (χ0n) is 14.1. The van der Waals surface area contributed by atoms with Crippen LogP contribution in [0, 0.1) is 11.3 Å². The van der Waals surface area contributed by atoms with Crippen LogP contribution in [-0.4, -0.2) is 49.1 Å². The van der Waals surface area contributed by atoms with Crippen molar-refractivity contribution in [3.05, 3.63) is 23.9 Å². The van der Waals surface area contributed by atoms with Crippen LogP contribution in [0.25, 0.3) is 0 Å². The Morgan fingerprint density at radius 3 is 2.42 bits per heavy atom. The van der Waals surface area contributed by atoms with Crippen molar-refractivity contribution in [3.63, 3.8) is 0 Å². The van der Waals surface area contributed by atoms with Crippen molar-refractivity contribution >= 4 is 15.8 Å². The van der Waals surface area contributed by atoms with E-state index in [2.05, 4.69) is 16.0 Å². The molecule has 2 heterocycles. The molecule has 1 atom stereocenters. The van der Waals surface area contributed by atoms with E-state index in [1.165, 1.54) is 6.26 Å². The topological polar surface area (TPSA) is 77.3 Å². The number of sulfonamides is 1. The van der Waals surface area contributed by atoms with Gasteiger partial charge in [-0.25, -0.2) is 13.4 Å². The number of pyridine rings is 1. The lowest BCUT2D eigenvalue weighted by Crippen LogP contribution is -2.49. The molecule has 24 heavy (non-hydrogen) atoms. The molecule has 0 amide bonds. The van der Waals surface area contributed by atoms with E-state index in [1.807, 2.05) is 6.07 Å². The minimum atomic E-state index is -3.17. The standard InChI is InChI=1S/C17H24N4O2S/c1-24(22,23)21(15-4-2-5-15)16-6-3-10-20(11-9-16)17-8-7-14(12-18)13-19-17/h7-8,13,15-16H,2-6,9-11H2,1H3/t16-/m0/s1. The molecule has 1 aliphatic carbocycles. The van der Waals surface area contributed by atoms with Crippen LogP contribution in [0.15, 0.2) is 18.3 Å². The van der Waals surface area contributed by atoms with Crippen LogP contribution < -0.4 is 4.90 Å². The molecule has 0 spiro atoms. The van der Waals surface area contributed by atoms with Gasteiger partial charge in [-0.1, -0.05) is 6.42 Å². The van der Waals surface area contributed by atoms with Gasteiger partial charge in [0.15, 0.2) is 0 Å². The lowest BCUT2D eigenvalue weighted by molar-refractivity contribution is 0.164. The fraction of sp³-hybridized carbons (Fsp3) is 0.647. The molecule has 0 N–H and O–H groups in total. The molecule has 1 aromatic heterocycles. The van der Waals surface area contributed by atoms with Crippen molar-refractivity contribution in [2.45, 2.75) is 50.6 Å². The van der Waals surface area contributed by atoms with Crippen molar-refractivity contribution in [2.24, 2.45) is 0 Å². The highest BCUT2D eigenvalue weighted by Gasteiger charge is 2.37. The predicted octanol–water partition coefficient (Wildman–Crippen LogP) is 2.13. The second kappa shape index (κ2) is 7.08. The minimum absolute atomic E-state index is 0.0914. The summed E-state index contributed by atoms with van der Waals surface area (Å²) in [6, 6.07) is 6.02. The number of nitriles is 1. The van der Waals surface area contributed by atoms with Crippen molar-refractivity contribution in [1.82, 2.24) is 9.29 Å². The Bertz CT molecular complexity index is 707. The average molecular weight is 348 g/mol. The molecule has 1 saturated carbocycles. The van der Waals surface area contributed by atoms with Gasteiger partial charge in [0.2, 0.25) is 10.0 Å². The predicted molar refractivity (Wildman–Crippen MR) is 93.1 cm³/mol.